The average molecular weight is 753 g/mol. The van der Waals surface area contributed by atoms with Crippen molar-refractivity contribution in [2.45, 2.75) is 109 Å². The molecule has 2 aromatic carbocycles. The van der Waals surface area contributed by atoms with E-state index in [0.717, 1.165) is 96.5 Å². The van der Waals surface area contributed by atoms with Crippen molar-refractivity contribution in [1.29, 1.82) is 0 Å². The number of nitrogens with one attached hydrogen (secondary N) is 1. The van der Waals surface area contributed by atoms with Gasteiger partial charge >= 0.3 is 0 Å². The van der Waals surface area contributed by atoms with E-state index < -0.39 is 21.2 Å². The maximum Gasteiger partial charge on any atom is 0.264 e. The van der Waals surface area contributed by atoms with Gasteiger partial charge in [-0.05, 0) is 113 Å². The number of hydrogen-bond donors (Lipinski definition) is 1. The lowest BCUT2D eigenvalue weighted by atomic mass is 9.81. The summed E-state index contributed by atoms with van der Waals surface area (Å²) in [5, 5.41) is 5.16. The van der Waals surface area contributed by atoms with Gasteiger partial charge in [0.2, 0.25) is 10.0 Å². The summed E-state index contributed by atoms with van der Waals surface area (Å²) in [6.45, 7) is 12.5. The second-order valence-electron chi connectivity index (χ2n) is 16.1. The van der Waals surface area contributed by atoms with Crippen LogP contribution in [0.3, 0.4) is 0 Å². The van der Waals surface area contributed by atoms with Crippen LogP contribution in [0.1, 0.15) is 123 Å². The number of fused-ring (bicyclic) bond motifs is 7. The molecule has 2 saturated heterocycles. The van der Waals surface area contributed by atoms with Gasteiger partial charge in [0.25, 0.3) is 11.8 Å². The molecule has 0 radical (unpaired) electrons. The van der Waals surface area contributed by atoms with E-state index >= 15 is 0 Å². The fourth-order valence-corrected chi connectivity index (χ4v) is 10.0. The maximum absolute atomic E-state index is 14.6. The van der Waals surface area contributed by atoms with E-state index in [-0.39, 0.29) is 23.6 Å². The standard InChI is InChI=1S/C42H52N6O5S/c1-7-45-23-32-20-31(45)24-46(32)42(50)36-21-43-48(25(2)3)39(36)30-17-29-18-33(53-6)14-16-34(29)40-38(27-11-9-8-10-12-27)35-15-13-28(19-37(35)47(40)22-30)41(49)44-54(51,52)26(4)5/h13-19,21,25-27,31-32H,7-12,20,22-24H2,1-6H3,(H,44,49)/t31?,32-/m0/s1. The number of piperazine rings is 1. The van der Waals surface area contributed by atoms with E-state index in [4.69, 9.17) is 9.84 Å². The van der Waals surface area contributed by atoms with Gasteiger partial charge in [0.1, 0.15) is 5.75 Å². The number of amides is 2. The van der Waals surface area contributed by atoms with Crippen LogP contribution in [0.2, 0.25) is 0 Å². The van der Waals surface area contributed by atoms with Crippen molar-refractivity contribution in [2.24, 2.45) is 0 Å². The second kappa shape index (κ2) is 14.0. The number of allylic oxidation sites excluding steroid dienone is 1. The van der Waals surface area contributed by atoms with Gasteiger partial charge in [-0.15, -0.1) is 0 Å². The van der Waals surface area contributed by atoms with Crippen molar-refractivity contribution in [2.75, 3.05) is 26.7 Å². The van der Waals surface area contributed by atoms with E-state index in [2.05, 4.69) is 58.1 Å². The highest BCUT2D eigenvalue weighted by Gasteiger charge is 2.45. The van der Waals surface area contributed by atoms with Crippen LogP contribution in [0, 0.1) is 0 Å². The number of sulfonamides is 1. The van der Waals surface area contributed by atoms with Crippen molar-refractivity contribution < 1.29 is 22.7 Å². The van der Waals surface area contributed by atoms with Gasteiger partial charge in [0, 0.05) is 53.2 Å². The van der Waals surface area contributed by atoms with Crippen LogP contribution < -0.4 is 9.46 Å². The highest BCUT2D eigenvalue weighted by atomic mass is 32.2. The number of nitrogens with zero attached hydrogens (tertiary/aromatic N) is 5. The van der Waals surface area contributed by atoms with Crippen LogP contribution in [-0.2, 0) is 16.6 Å². The van der Waals surface area contributed by atoms with E-state index in [1.54, 1.807) is 33.2 Å². The Kier molecular flexibility index (Phi) is 9.49. The third-order valence-corrected chi connectivity index (χ3v) is 14.0. The highest BCUT2D eigenvalue weighted by molar-refractivity contribution is 7.90. The van der Waals surface area contributed by atoms with E-state index in [0.29, 0.717) is 24.1 Å². The number of ether oxygens (including phenoxy) is 1. The Labute approximate surface area is 318 Å². The lowest BCUT2D eigenvalue weighted by Gasteiger charge is -2.33. The number of hydrogen-bond acceptors (Lipinski definition) is 7. The molecule has 2 bridgehead atoms. The van der Waals surface area contributed by atoms with E-state index in [9.17, 15) is 18.0 Å². The SMILES string of the molecule is CCN1C[C@@H]2CC1CN2C(=O)c1cnn(C(C)C)c1C1=Cc2cc(OC)ccc2-c2c(C3CCCCC3)c3ccc(C(=O)NS(=O)(=O)C(C)C)cc3n2C1. The van der Waals surface area contributed by atoms with Crippen molar-refractivity contribution in [3.63, 3.8) is 0 Å². The number of aromatic nitrogens is 3. The highest BCUT2D eigenvalue weighted by Crippen LogP contribution is 2.48. The maximum atomic E-state index is 14.6. The number of likely N-dealkylation sites (N-methyl/N-ethyl adjacent to an activating group) is 1. The average Bonchev–Trinajstić information content (AvgIpc) is 3.94. The minimum atomic E-state index is -3.84. The first-order valence-corrected chi connectivity index (χ1v) is 21.2. The number of carbonyl (C=O) groups is 2. The first kappa shape index (κ1) is 36.6. The summed E-state index contributed by atoms with van der Waals surface area (Å²) in [5.41, 5.74) is 7.85. The minimum Gasteiger partial charge on any atom is -0.497 e. The summed E-state index contributed by atoms with van der Waals surface area (Å²) in [7, 11) is -2.16. The Bertz CT molecular complexity index is 2280. The molecule has 3 fully saturated rings. The molecule has 4 aliphatic rings. The number of rotatable bonds is 9. The predicted molar refractivity (Wildman–Crippen MR) is 212 cm³/mol. The topological polar surface area (TPSA) is 119 Å². The van der Waals surface area contributed by atoms with Crippen LogP contribution in [0.15, 0.2) is 42.6 Å². The van der Waals surface area contributed by atoms with Crippen LogP contribution in [0.25, 0.3) is 33.8 Å². The molecule has 286 valence electrons. The van der Waals surface area contributed by atoms with Crippen LogP contribution >= 0.6 is 0 Å². The van der Waals surface area contributed by atoms with Crippen LogP contribution in [0.5, 0.6) is 5.75 Å². The summed E-state index contributed by atoms with van der Waals surface area (Å²) in [6.07, 6.45) is 10.6. The zero-order chi connectivity index (χ0) is 38.1. The third kappa shape index (κ3) is 6.15. The van der Waals surface area contributed by atoms with Crippen molar-refractivity contribution >= 4 is 44.4 Å². The summed E-state index contributed by atoms with van der Waals surface area (Å²) >= 11 is 0. The monoisotopic (exact) mass is 752 g/mol. The molecule has 8 rings (SSSR count). The molecule has 2 amide bonds. The zero-order valence-electron chi connectivity index (χ0n) is 32.3. The lowest BCUT2D eigenvalue weighted by molar-refractivity contribution is 0.0630. The lowest BCUT2D eigenvalue weighted by Crippen LogP contribution is -2.48. The number of benzene rings is 2. The molecule has 0 spiro atoms. The molecule has 2 atom stereocenters. The van der Waals surface area contributed by atoms with E-state index in [1.165, 1.54) is 12.0 Å². The Balaban J connectivity index is 1.33. The molecule has 12 heteroatoms. The normalized spacial score (nSPS) is 20.4. The Morgan fingerprint density at radius 2 is 1.76 bits per heavy atom. The van der Waals surface area contributed by atoms with Gasteiger partial charge in [0.05, 0.1) is 42.1 Å². The van der Waals surface area contributed by atoms with Crippen molar-refractivity contribution in [3.8, 4) is 17.0 Å². The Morgan fingerprint density at radius 3 is 2.43 bits per heavy atom. The van der Waals surface area contributed by atoms with Crippen molar-refractivity contribution in [1.82, 2.24) is 28.9 Å². The molecular weight excluding hydrogens is 701 g/mol. The summed E-state index contributed by atoms with van der Waals surface area (Å²) in [4.78, 5) is 32.7. The van der Waals surface area contributed by atoms with Gasteiger partial charge in [-0.1, -0.05) is 32.3 Å². The zero-order valence-corrected chi connectivity index (χ0v) is 33.1. The second-order valence-corrected chi connectivity index (χ2v) is 18.3. The fourth-order valence-electron chi connectivity index (χ4n) is 9.40. The molecule has 1 N–H and O–H groups in total. The molecule has 1 unspecified atom stereocenters. The van der Waals surface area contributed by atoms with Gasteiger partial charge in [-0.3, -0.25) is 19.2 Å². The Hall–Kier alpha value is -4.42. The molecule has 1 saturated carbocycles. The Morgan fingerprint density at radius 1 is 0.981 bits per heavy atom. The summed E-state index contributed by atoms with van der Waals surface area (Å²) in [5.74, 6) is 0.423. The molecule has 2 aromatic heterocycles. The number of likely N-dealkylation sites (tertiary alicyclic amines) is 2. The molecule has 54 heavy (non-hydrogen) atoms. The summed E-state index contributed by atoms with van der Waals surface area (Å²) in [6, 6.07) is 12.3. The van der Waals surface area contributed by atoms with Gasteiger partial charge in [-0.25, -0.2) is 13.1 Å². The molecular formula is C42H52N6O5S. The molecule has 11 nitrogen and oxygen atoms in total. The smallest absolute Gasteiger partial charge is 0.264 e. The van der Waals surface area contributed by atoms with Gasteiger partial charge in [0.15, 0.2) is 0 Å². The molecule has 4 aromatic rings. The molecule has 1 aliphatic carbocycles. The number of methoxy groups -OCH3 is 1. The third-order valence-electron chi connectivity index (χ3n) is 12.2. The summed E-state index contributed by atoms with van der Waals surface area (Å²) < 4.78 is 37.9. The van der Waals surface area contributed by atoms with Crippen molar-refractivity contribution in [3.05, 3.63) is 70.5 Å². The van der Waals surface area contributed by atoms with Crippen LogP contribution in [-0.4, -0.2) is 88.5 Å². The quantitative estimate of drug-likeness (QED) is 0.194. The predicted octanol–water partition coefficient (Wildman–Crippen LogP) is 7.08. The van der Waals surface area contributed by atoms with Crippen LogP contribution in [0.4, 0.5) is 0 Å². The fraction of sp³-hybridized carbons (Fsp3) is 0.500. The molecule has 5 heterocycles. The van der Waals surface area contributed by atoms with Gasteiger partial charge < -0.3 is 14.2 Å². The largest absolute Gasteiger partial charge is 0.497 e. The molecule has 3 aliphatic heterocycles. The van der Waals surface area contributed by atoms with E-state index in [1.807, 2.05) is 22.9 Å². The first-order valence-electron chi connectivity index (χ1n) is 19.6. The van der Waals surface area contributed by atoms with Gasteiger partial charge in [-0.2, -0.15) is 5.10 Å². The minimum absolute atomic E-state index is 0.0157. The first-order chi connectivity index (χ1) is 25.9. The number of carbonyl (C=O) groups excluding carboxylic acids is 2.